The van der Waals surface area contributed by atoms with Crippen molar-refractivity contribution in [2.24, 2.45) is 10.2 Å². The van der Waals surface area contributed by atoms with Gasteiger partial charge in [-0.05, 0) is 31.2 Å². The predicted molar refractivity (Wildman–Crippen MR) is 70.0 cm³/mol. The number of carbonyl (C=O) groups is 1. The van der Waals surface area contributed by atoms with Crippen LogP contribution in [0.4, 0.5) is 5.69 Å². The number of rotatable bonds is 3. The normalized spacial score (nSPS) is 12.4. The minimum absolute atomic E-state index is 0.0880. The van der Waals surface area contributed by atoms with E-state index in [1.54, 1.807) is 38.4 Å². The number of likely N-dealkylation sites (N-methyl/N-ethyl adjacent to an activating group) is 1. The van der Waals surface area contributed by atoms with E-state index in [1.165, 1.54) is 11.8 Å². The highest BCUT2D eigenvalue weighted by atomic mass is 35.5. The number of nitrogens with zero attached hydrogens (tertiary/aromatic N) is 3. The number of aliphatic hydroxyl groups is 1. The maximum absolute atomic E-state index is 11.7. The lowest BCUT2D eigenvalue weighted by atomic mass is 10.3. The minimum atomic E-state index is -0.410. The number of amides is 1. The van der Waals surface area contributed by atoms with Crippen molar-refractivity contribution in [1.29, 1.82) is 0 Å². The van der Waals surface area contributed by atoms with Gasteiger partial charge < -0.3 is 10.0 Å². The molecule has 1 rings (SSSR count). The van der Waals surface area contributed by atoms with E-state index in [2.05, 4.69) is 10.2 Å². The number of hydrogen-bond acceptors (Lipinski definition) is 4. The molecular formula is C12H14ClN3O2. The molecule has 18 heavy (non-hydrogen) atoms. The molecule has 0 aliphatic rings. The molecule has 0 saturated carbocycles. The smallest absolute Gasteiger partial charge is 0.277 e. The molecule has 0 radical (unpaired) electrons. The van der Waals surface area contributed by atoms with Crippen LogP contribution in [0.2, 0.25) is 5.02 Å². The second kappa shape index (κ2) is 6.16. The van der Waals surface area contributed by atoms with Crippen molar-refractivity contribution in [1.82, 2.24) is 4.90 Å². The van der Waals surface area contributed by atoms with Gasteiger partial charge in [-0.1, -0.05) is 11.6 Å². The third kappa shape index (κ3) is 3.85. The predicted octanol–water partition coefficient (Wildman–Crippen LogP) is 3.30. The second-order valence-corrected chi connectivity index (χ2v) is 4.25. The third-order valence-electron chi connectivity index (χ3n) is 2.04. The molecule has 96 valence electrons. The summed E-state index contributed by atoms with van der Waals surface area (Å²) in [6.07, 6.45) is 0. The molecular weight excluding hydrogens is 254 g/mol. The Hall–Kier alpha value is -1.88. The maximum Gasteiger partial charge on any atom is 0.277 e. The molecule has 0 unspecified atom stereocenters. The van der Waals surface area contributed by atoms with Crippen LogP contribution in [-0.2, 0) is 4.79 Å². The molecule has 1 amide bonds. The molecule has 5 nitrogen and oxygen atoms in total. The average Bonchev–Trinajstić information content (AvgIpc) is 2.31. The minimum Gasteiger partial charge on any atom is -0.510 e. The Labute approximate surface area is 110 Å². The van der Waals surface area contributed by atoms with Crippen molar-refractivity contribution in [3.05, 3.63) is 40.7 Å². The molecule has 0 atom stereocenters. The Bertz CT molecular complexity index is 489. The maximum atomic E-state index is 11.7. The average molecular weight is 268 g/mol. The van der Waals surface area contributed by atoms with Crippen LogP contribution in [0, 0.1) is 0 Å². The lowest BCUT2D eigenvalue weighted by Crippen LogP contribution is -2.23. The molecule has 0 bridgehead atoms. The number of allylic oxidation sites excluding steroid dienone is 1. The van der Waals surface area contributed by atoms with Crippen molar-refractivity contribution in [2.75, 3.05) is 14.1 Å². The van der Waals surface area contributed by atoms with Crippen LogP contribution in [0.3, 0.4) is 0 Å². The zero-order valence-corrected chi connectivity index (χ0v) is 11.1. The number of benzene rings is 1. The molecule has 0 fully saturated rings. The first kappa shape index (κ1) is 14.2. The highest BCUT2D eigenvalue weighted by Crippen LogP contribution is 2.18. The zero-order chi connectivity index (χ0) is 13.7. The molecule has 0 aliphatic heterocycles. The van der Waals surface area contributed by atoms with Gasteiger partial charge in [0, 0.05) is 19.1 Å². The quantitative estimate of drug-likeness (QED) is 0.519. The van der Waals surface area contributed by atoms with E-state index >= 15 is 0 Å². The van der Waals surface area contributed by atoms with Crippen molar-refractivity contribution >= 4 is 23.2 Å². The first-order chi connectivity index (χ1) is 8.41. The van der Waals surface area contributed by atoms with E-state index in [4.69, 9.17) is 11.6 Å². The number of aliphatic hydroxyl groups excluding tert-OH is 1. The fourth-order valence-corrected chi connectivity index (χ4v) is 1.22. The Kier molecular flexibility index (Phi) is 4.85. The number of hydrogen-bond donors (Lipinski definition) is 1. The topological polar surface area (TPSA) is 65.3 Å². The van der Waals surface area contributed by atoms with Gasteiger partial charge in [-0.3, -0.25) is 4.79 Å². The van der Waals surface area contributed by atoms with Gasteiger partial charge in [0.2, 0.25) is 0 Å². The van der Waals surface area contributed by atoms with Gasteiger partial charge in [0.15, 0.2) is 5.70 Å². The molecule has 6 heteroatoms. The number of halogens is 1. The lowest BCUT2D eigenvalue weighted by molar-refractivity contribution is -0.125. The van der Waals surface area contributed by atoms with Crippen molar-refractivity contribution in [2.45, 2.75) is 6.92 Å². The molecule has 1 aromatic carbocycles. The first-order valence-corrected chi connectivity index (χ1v) is 5.58. The van der Waals surface area contributed by atoms with Gasteiger partial charge in [-0.25, -0.2) is 0 Å². The lowest BCUT2D eigenvalue weighted by Gasteiger charge is -2.09. The Morgan fingerprint density at radius 3 is 2.28 bits per heavy atom. The summed E-state index contributed by atoms with van der Waals surface area (Å²) >= 11 is 5.73. The fourth-order valence-electron chi connectivity index (χ4n) is 1.10. The van der Waals surface area contributed by atoms with Gasteiger partial charge in [0.05, 0.1) is 5.69 Å². The number of carbonyl (C=O) groups excluding carboxylic acids is 1. The summed E-state index contributed by atoms with van der Waals surface area (Å²) in [5, 5.41) is 17.6. The summed E-state index contributed by atoms with van der Waals surface area (Å²) in [6, 6.07) is 6.66. The summed E-state index contributed by atoms with van der Waals surface area (Å²) in [6.45, 7) is 1.39. The largest absolute Gasteiger partial charge is 0.510 e. The van der Waals surface area contributed by atoms with Crippen molar-refractivity contribution in [3.8, 4) is 0 Å². The summed E-state index contributed by atoms with van der Waals surface area (Å²) in [4.78, 5) is 13.0. The number of azo groups is 1. The van der Waals surface area contributed by atoms with E-state index < -0.39 is 5.91 Å². The monoisotopic (exact) mass is 267 g/mol. The van der Waals surface area contributed by atoms with E-state index in [0.717, 1.165) is 0 Å². The van der Waals surface area contributed by atoms with E-state index in [0.29, 0.717) is 10.7 Å². The van der Waals surface area contributed by atoms with Gasteiger partial charge in [-0.2, -0.15) is 5.11 Å². The summed E-state index contributed by atoms with van der Waals surface area (Å²) < 4.78 is 0. The van der Waals surface area contributed by atoms with Crippen LogP contribution in [0.1, 0.15) is 6.92 Å². The molecule has 0 aromatic heterocycles. The molecule has 0 saturated heterocycles. The van der Waals surface area contributed by atoms with Gasteiger partial charge in [-0.15, -0.1) is 5.11 Å². The van der Waals surface area contributed by atoms with Crippen molar-refractivity contribution in [3.63, 3.8) is 0 Å². The van der Waals surface area contributed by atoms with Gasteiger partial charge >= 0.3 is 0 Å². The molecule has 0 heterocycles. The fraction of sp³-hybridized carbons (Fsp3) is 0.250. The van der Waals surface area contributed by atoms with E-state index in [9.17, 15) is 9.90 Å². The van der Waals surface area contributed by atoms with Crippen LogP contribution in [0.5, 0.6) is 0 Å². The third-order valence-corrected chi connectivity index (χ3v) is 2.30. The highest BCUT2D eigenvalue weighted by Gasteiger charge is 2.14. The van der Waals surface area contributed by atoms with E-state index in [1.807, 2.05) is 0 Å². The second-order valence-electron chi connectivity index (χ2n) is 3.81. The van der Waals surface area contributed by atoms with E-state index in [-0.39, 0.29) is 11.5 Å². The molecule has 1 aromatic rings. The zero-order valence-electron chi connectivity index (χ0n) is 10.4. The van der Waals surface area contributed by atoms with Gasteiger partial charge in [0.25, 0.3) is 5.91 Å². The Balaban J connectivity index is 2.96. The highest BCUT2D eigenvalue weighted by molar-refractivity contribution is 6.30. The summed E-state index contributed by atoms with van der Waals surface area (Å²) in [5.74, 6) is -0.584. The summed E-state index contributed by atoms with van der Waals surface area (Å²) in [5.41, 5.74) is 0.458. The standard InChI is InChI=1S/C12H14ClN3O2/c1-8(17)11(12(18)16(2)3)15-14-10-6-4-9(13)5-7-10/h4-7,17H,1-3H3/b11-8+,15-14?. The molecule has 1 N–H and O–H groups in total. The van der Waals surface area contributed by atoms with Crippen LogP contribution in [-0.4, -0.2) is 30.0 Å². The molecule has 0 aliphatic carbocycles. The Morgan fingerprint density at radius 2 is 1.83 bits per heavy atom. The molecule has 0 spiro atoms. The van der Waals surface area contributed by atoms with Crippen LogP contribution in [0.25, 0.3) is 0 Å². The SMILES string of the molecule is C/C(O)=C(\N=Nc1ccc(Cl)cc1)C(=O)N(C)C. The van der Waals surface area contributed by atoms with Crippen LogP contribution in [0.15, 0.2) is 46.0 Å². The van der Waals surface area contributed by atoms with Gasteiger partial charge in [0.1, 0.15) is 5.76 Å². The van der Waals surface area contributed by atoms with Crippen LogP contribution < -0.4 is 0 Å². The Morgan fingerprint density at radius 1 is 1.28 bits per heavy atom. The first-order valence-electron chi connectivity index (χ1n) is 5.20. The van der Waals surface area contributed by atoms with Crippen molar-refractivity contribution < 1.29 is 9.90 Å². The summed E-state index contributed by atoms with van der Waals surface area (Å²) in [7, 11) is 3.15. The van der Waals surface area contributed by atoms with Crippen LogP contribution >= 0.6 is 11.6 Å².